The fourth-order valence-corrected chi connectivity index (χ4v) is 4.58. The van der Waals surface area contributed by atoms with Crippen molar-refractivity contribution in [2.75, 3.05) is 31.1 Å². The first-order valence-electron chi connectivity index (χ1n) is 11.3. The van der Waals surface area contributed by atoms with Crippen LogP contribution in [0.2, 0.25) is 0 Å². The number of aromatic hydroxyl groups is 1. The van der Waals surface area contributed by atoms with Crippen LogP contribution in [0, 0.1) is 0 Å². The van der Waals surface area contributed by atoms with Gasteiger partial charge in [-0.15, -0.1) is 0 Å². The van der Waals surface area contributed by atoms with Crippen molar-refractivity contribution in [3.63, 3.8) is 0 Å². The summed E-state index contributed by atoms with van der Waals surface area (Å²) in [5.41, 5.74) is 0.767. The summed E-state index contributed by atoms with van der Waals surface area (Å²) >= 11 is 0. The van der Waals surface area contributed by atoms with Crippen molar-refractivity contribution in [2.24, 2.45) is 0 Å². The van der Waals surface area contributed by atoms with Crippen LogP contribution < -0.4 is 9.64 Å². The number of esters is 2. The Morgan fingerprint density at radius 2 is 1.71 bits per heavy atom. The van der Waals surface area contributed by atoms with Crippen molar-refractivity contribution >= 4 is 29.1 Å². The molecule has 0 fully saturated rings. The van der Waals surface area contributed by atoms with Crippen LogP contribution >= 0.6 is 0 Å². The van der Waals surface area contributed by atoms with Crippen molar-refractivity contribution in [3.8, 4) is 11.5 Å². The Bertz CT molecular complexity index is 1230. The Labute approximate surface area is 196 Å². The van der Waals surface area contributed by atoms with E-state index in [4.69, 9.17) is 9.47 Å². The number of hydrogen-bond donors (Lipinski definition) is 2. The average molecular weight is 467 g/mol. The van der Waals surface area contributed by atoms with E-state index in [9.17, 15) is 24.6 Å². The molecule has 178 valence electrons. The minimum absolute atomic E-state index is 0.00101. The molecule has 2 N–H and O–H groups in total. The SMILES string of the molecule is CCN(CC)c1cc(O)c2c(c1)OC(=O)C2C(=O)C1=C2C(O)=CC(=[N+](CC)CC)C=C2OC1=O. The maximum absolute atomic E-state index is 13.5. The third-order valence-electron chi connectivity index (χ3n) is 6.33. The molecule has 1 aromatic rings. The summed E-state index contributed by atoms with van der Waals surface area (Å²) in [5.74, 6) is -4.78. The lowest BCUT2D eigenvalue weighted by Crippen LogP contribution is -2.25. The molecular formula is C25H27N2O7+. The topological polar surface area (TPSA) is 116 Å². The summed E-state index contributed by atoms with van der Waals surface area (Å²) in [4.78, 5) is 40.9. The number of Topliss-reactive ketones (excluding diaryl/α,β-unsaturated/α-hetero) is 1. The van der Waals surface area contributed by atoms with Crippen LogP contribution in [0.5, 0.6) is 11.5 Å². The van der Waals surface area contributed by atoms with Gasteiger partial charge in [-0.3, -0.25) is 9.59 Å². The molecule has 0 radical (unpaired) electrons. The lowest BCUT2D eigenvalue weighted by atomic mass is 9.87. The normalized spacial score (nSPS) is 18.7. The number of carbonyl (C=O) groups excluding carboxylic acids is 3. The molecule has 0 saturated carbocycles. The number of phenolic OH excluding ortho intramolecular Hbond substituents is 1. The number of nitrogens with zero attached hydrogens (tertiary/aromatic N) is 2. The average Bonchev–Trinajstić information content (AvgIpc) is 3.31. The zero-order chi connectivity index (χ0) is 24.7. The molecule has 0 spiro atoms. The molecule has 0 bridgehead atoms. The molecule has 1 atom stereocenters. The number of benzene rings is 1. The number of anilines is 1. The quantitative estimate of drug-likeness (QED) is 0.207. The zero-order valence-corrected chi connectivity index (χ0v) is 19.5. The molecule has 2 aliphatic heterocycles. The molecule has 4 rings (SSSR count). The zero-order valence-electron chi connectivity index (χ0n) is 19.5. The second-order valence-electron chi connectivity index (χ2n) is 8.04. The number of ether oxygens (including phenoxy) is 2. The molecule has 3 aliphatic rings. The molecule has 0 aromatic heterocycles. The van der Waals surface area contributed by atoms with Crippen LogP contribution in [0.25, 0.3) is 0 Å². The lowest BCUT2D eigenvalue weighted by Gasteiger charge is -2.22. The number of allylic oxidation sites excluding steroid dienone is 2. The highest BCUT2D eigenvalue weighted by Gasteiger charge is 2.48. The maximum Gasteiger partial charge on any atom is 0.348 e. The largest absolute Gasteiger partial charge is 0.507 e. The van der Waals surface area contributed by atoms with Crippen LogP contribution in [0.4, 0.5) is 5.69 Å². The summed E-state index contributed by atoms with van der Waals surface area (Å²) in [6.45, 7) is 10.5. The van der Waals surface area contributed by atoms with E-state index in [1.807, 2.05) is 37.2 Å². The predicted molar refractivity (Wildman–Crippen MR) is 123 cm³/mol. The highest BCUT2D eigenvalue weighted by atomic mass is 16.5. The fourth-order valence-electron chi connectivity index (χ4n) is 4.58. The highest BCUT2D eigenvalue weighted by Crippen LogP contribution is 2.46. The Morgan fingerprint density at radius 1 is 1.03 bits per heavy atom. The van der Waals surface area contributed by atoms with E-state index in [1.54, 1.807) is 12.1 Å². The standard InChI is InChI=1S/C25H26N2O7/c1-5-26(6-2)13-9-15(28)19-17(11-13)33-24(31)21(19)23(30)22-20-16(29)10-14(27(7-3)8-4)12-18(20)34-25(22)32/h9-12,21,28H,5-8H2,1-4H3/p+1. The Kier molecular flexibility index (Phi) is 6.03. The summed E-state index contributed by atoms with van der Waals surface area (Å²) in [6, 6.07) is 3.06. The van der Waals surface area contributed by atoms with Gasteiger partial charge in [-0.05, 0) is 27.7 Å². The summed E-state index contributed by atoms with van der Waals surface area (Å²) in [6.07, 6.45) is 3.03. The second kappa shape index (κ2) is 8.81. The van der Waals surface area contributed by atoms with Gasteiger partial charge in [-0.2, -0.15) is 0 Å². The summed E-state index contributed by atoms with van der Waals surface area (Å²) in [7, 11) is 0. The predicted octanol–water partition coefficient (Wildman–Crippen LogP) is 2.50. The third kappa shape index (κ3) is 3.57. The lowest BCUT2D eigenvalue weighted by molar-refractivity contribution is -0.519. The van der Waals surface area contributed by atoms with Crippen LogP contribution in [0.3, 0.4) is 0 Å². The summed E-state index contributed by atoms with van der Waals surface area (Å²) < 4.78 is 12.6. The third-order valence-corrected chi connectivity index (χ3v) is 6.33. The first-order valence-corrected chi connectivity index (χ1v) is 11.3. The van der Waals surface area contributed by atoms with Gasteiger partial charge in [0.15, 0.2) is 11.7 Å². The van der Waals surface area contributed by atoms with Crippen molar-refractivity contribution in [3.05, 3.63) is 52.5 Å². The van der Waals surface area contributed by atoms with E-state index in [2.05, 4.69) is 0 Å². The monoisotopic (exact) mass is 467 g/mol. The Hall–Kier alpha value is -3.88. The van der Waals surface area contributed by atoms with Gasteiger partial charge in [0.1, 0.15) is 41.7 Å². The number of fused-ring (bicyclic) bond motifs is 2. The van der Waals surface area contributed by atoms with Crippen LogP contribution in [-0.4, -0.2) is 64.4 Å². The van der Waals surface area contributed by atoms with Gasteiger partial charge in [0, 0.05) is 30.9 Å². The molecule has 1 aromatic carbocycles. The number of phenols is 1. The molecule has 9 heteroatoms. The second-order valence-corrected chi connectivity index (χ2v) is 8.04. The fraction of sp³-hybridized carbons (Fsp3) is 0.360. The maximum atomic E-state index is 13.5. The van der Waals surface area contributed by atoms with E-state index in [1.165, 1.54) is 12.1 Å². The molecule has 1 unspecified atom stereocenters. The van der Waals surface area contributed by atoms with E-state index < -0.39 is 29.2 Å². The van der Waals surface area contributed by atoms with Gasteiger partial charge in [-0.1, -0.05) is 0 Å². The number of aliphatic hydroxyl groups excluding tert-OH is 1. The van der Waals surface area contributed by atoms with Gasteiger partial charge < -0.3 is 24.6 Å². The van der Waals surface area contributed by atoms with Gasteiger partial charge in [-0.25, -0.2) is 9.37 Å². The molecule has 0 saturated heterocycles. The first kappa shape index (κ1) is 23.3. The van der Waals surface area contributed by atoms with Crippen LogP contribution in [0.15, 0.2) is 46.9 Å². The molecule has 34 heavy (non-hydrogen) atoms. The minimum Gasteiger partial charge on any atom is -0.507 e. The smallest absolute Gasteiger partial charge is 0.348 e. The van der Waals surface area contributed by atoms with E-state index >= 15 is 0 Å². The van der Waals surface area contributed by atoms with Gasteiger partial charge in [0.05, 0.1) is 23.3 Å². The number of rotatable bonds is 7. The van der Waals surface area contributed by atoms with Crippen molar-refractivity contribution in [2.45, 2.75) is 33.6 Å². The van der Waals surface area contributed by atoms with Crippen molar-refractivity contribution < 1.29 is 38.6 Å². The minimum atomic E-state index is -1.55. The van der Waals surface area contributed by atoms with E-state index in [0.29, 0.717) is 37.6 Å². The molecular weight excluding hydrogens is 440 g/mol. The molecule has 1 aliphatic carbocycles. The van der Waals surface area contributed by atoms with Gasteiger partial charge >= 0.3 is 11.9 Å². The van der Waals surface area contributed by atoms with Crippen LogP contribution in [0.1, 0.15) is 39.2 Å². The van der Waals surface area contributed by atoms with Gasteiger partial charge in [0.2, 0.25) is 5.71 Å². The molecule has 9 nitrogen and oxygen atoms in total. The number of hydrogen-bond acceptors (Lipinski definition) is 8. The van der Waals surface area contributed by atoms with E-state index in [-0.39, 0.29) is 34.2 Å². The highest BCUT2D eigenvalue weighted by molar-refractivity contribution is 6.29. The van der Waals surface area contributed by atoms with Crippen molar-refractivity contribution in [1.29, 1.82) is 0 Å². The molecule has 0 amide bonds. The van der Waals surface area contributed by atoms with Gasteiger partial charge in [0.25, 0.3) is 0 Å². The van der Waals surface area contributed by atoms with Crippen LogP contribution in [-0.2, 0) is 19.1 Å². The van der Waals surface area contributed by atoms with Crippen molar-refractivity contribution in [1.82, 2.24) is 0 Å². The Balaban J connectivity index is 1.79. The number of carbonyl (C=O) groups is 3. The number of aliphatic hydroxyl groups is 1. The first-order chi connectivity index (χ1) is 16.2. The van der Waals surface area contributed by atoms with E-state index in [0.717, 1.165) is 0 Å². The molecule has 2 heterocycles. The number of ketones is 1. The summed E-state index contributed by atoms with van der Waals surface area (Å²) in [5, 5.41) is 21.4. The Morgan fingerprint density at radius 3 is 2.32 bits per heavy atom.